The van der Waals surface area contributed by atoms with Gasteiger partial charge in [-0.1, -0.05) is 0 Å². The number of hydrogen-bond donors (Lipinski definition) is 3. The number of amides is 1. The fourth-order valence-electron chi connectivity index (χ4n) is 1.81. The van der Waals surface area contributed by atoms with Crippen molar-refractivity contribution < 1.29 is 19.4 Å². The molecule has 112 valence electrons. The number of carbonyl (C=O) groups is 1. The number of hydrogen-bond acceptors (Lipinski definition) is 5. The molecule has 0 saturated heterocycles. The molecule has 6 nitrogen and oxygen atoms in total. The maximum absolute atomic E-state index is 12.3. The van der Waals surface area contributed by atoms with E-state index in [-0.39, 0.29) is 12.5 Å². The molecule has 1 amide bonds. The average Bonchev–Trinajstić information content (AvgIpc) is 2.37. The molecule has 4 N–H and O–H groups in total. The zero-order valence-corrected chi connectivity index (χ0v) is 12.3. The van der Waals surface area contributed by atoms with Crippen molar-refractivity contribution in [2.24, 2.45) is 0 Å². The van der Waals surface area contributed by atoms with E-state index in [1.807, 2.05) is 13.8 Å². The Hall–Kier alpha value is -1.95. The summed E-state index contributed by atoms with van der Waals surface area (Å²) in [6.07, 6.45) is 0.450. The van der Waals surface area contributed by atoms with Crippen LogP contribution in [-0.2, 0) is 0 Å². The van der Waals surface area contributed by atoms with Crippen molar-refractivity contribution in [3.8, 4) is 11.5 Å². The molecular weight excluding hydrogens is 260 g/mol. The van der Waals surface area contributed by atoms with E-state index in [0.717, 1.165) is 0 Å². The Morgan fingerprint density at radius 3 is 2.35 bits per heavy atom. The number of aliphatic hydroxyl groups excluding tert-OH is 1. The van der Waals surface area contributed by atoms with Crippen LogP contribution >= 0.6 is 0 Å². The van der Waals surface area contributed by atoms with Crippen molar-refractivity contribution in [3.63, 3.8) is 0 Å². The summed E-state index contributed by atoms with van der Waals surface area (Å²) in [5, 5.41) is 11.8. The normalized spacial score (nSPS) is 11.1. The molecular formula is C14H22N2O4. The van der Waals surface area contributed by atoms with Gasteiger partial charge in [0.25, 0.3) is 5.91 Å². The van der Waals surface area contributed by atoms with Crippen molar-refractivity contribution in [1.82, 2.24) is 5.32 Å². The highest BCUT2D eigenvalue weighted by Gasteiger charge is 2.23. The van der Waals surface area contributed by atoms with Gasteiger partial charge < -0.3 is 25.6 Å². The highest BCUT2D eigenvalue weighted by molar-refractivity contribution is 6.00. The third kappa shape index (κ3) is 3.77. The van der Waals surface area contributed by atoms with E-state index in [4.69, 9.17) is 20.3 Å². The first-order chi connectivity index (χ1) is 9.34. The molecule has 0 aliphatic carbocycles. The summed E-state index contributed by atoms with van der Waals surface area (Å²) in [4.78, 5) is 12.3. The summed E-state index contributed by atoms with van der Waals surface area (Å²) < 4.78 is 10.3. The highest BCUT2D eigenvalue weighted by atomic mass is 16.5. The van der Waals surface area contributed by atoms with Crippen LogP contribution in [0.25, 0.3) is 0 Å². The van der Waals surface area contributed by atoms with Gasteiger partial charge in [-0.05, 0) is 26.3 Å². The van der Waals surface area contributed by atoms with E-state index in [1.54, 1.807) is 12.1 Å². The summed E-state index contributed by atoms with van der Waals surface area (Å²) in [5.41, 5.74) is 5.97. The molecule has 0 atom stereocenters. The number of rotatable bonds is 6. The van der Waals surface area contributed by atoms with Crippen LogP contribution in [0.3, 0.4) is 0 Å². The van der Waals surface area contributed by atoms with E-state index in [1.165, 1.54) is 14.2 Å². The first kappa shape index (κ1) is 16.1. The highest BCUT2D eigenvalue weighted by Crippen LogP contribution is 2.32. The maximum Gasteiger partial charge on any atom is 0.253 e. The van der Waals surface area contributed by atoms with Crippen LogP contribution in [0.15, 0.2) is 12.1 Å². The smallest absolute Gasteiger partial charge is 0.253 e. The molecule has 6 heteroatoms. The van der Waals surface area contributed by atoms with Gasteiger partial charge in [0.1, 0.15) is 0 Å². The van der Waals surface area contributed by atoms with Gasteiger partial charge in [-0.25, -0.2) is 0 Å². The van der Waals surface area contributed by atoms with Gasteiger partial charge in [-0.15, -0.1) is 0 Å². The fraction of sp³-hybridized carbons (Fsp3) is 0.500. The van der Waals surface area contributed by atoms with Crippen molar-refractivity contribution >= 4 is 11.6 Å². The molecule has 0 aliphatic heterocycles. The molecule has 0 bridgehead atoms. The molecule has 0 saturated carbocycles. The molecule has 1 aromatic carbocycles. The maximum atomic E-state index is 12.3. The lowest BCUT2D eigenvalue weighted by atomic mass is 10.00. The Balaban J connectivity index is 3.04. The topological polar surface area (TPSA) is 93.8 Å². The zero-order valence-electron chi connectivity index (χ0n) is 12.3. The predicted octanol–water partition coefficient (Wildman–Crippen LogP) is 1.18. The molecule has 0 radical (unpaired) electrons. The van der Waals surface area contributed by atoms with Crippen LogP contribution in [0.1, 0.15) is 30.6 Å². The second kappa shape index (κ2) is 6.47. The Bertz CT molecular complexity index is 486. The first-order valence-electron chi connectivity index (χ1n) is 6.29. The van der Waals surface area contributed by atoms with Crippen LogP contribution in [0.4, 0.5) is 5.69 Å². The zero-order chi connectivity index (χ0) is 15.3. The average molecular weight is 282 g/mol. The number of methoxy groups -OCH3 is 2. The van der Waals surface area contributed by atoms with Gasteiger partial charge in [0, 0.05) is 23.9 Å². The predicted molar refractivity (Wildman–Crippen MR) is 77.2 cm³/mol. The molecule has 0 aliphatic rings. The number of nitrogens with two attached hydrogens (primary N) is 1. The van der Waals surface area contributed by atoms with Gasteiger partial charge in [0.2, 0.25) is 0 Å². The number of ether oxygens (including phenoxy) is 2. The van der Waals surface area contributed by atoms with Crippen LogP contribution in [0.5, 0.6) is 11.5 Å². The number of anilines is 1. The molecule has 0 spiro atoms. The third-order valence-electron chi connectivity index (χ3n) is 2.99. The molecule has 0 heterocycles. The van der Waals surface area contributed by atoms with E-state index in [0.29, 0.717) is 29.2 Å². The second-order valence-corrected chi connectivity index (χ2v) is 5.11. The first-order valence-corrected chi connectivity index (χ1v) is 6.29. The summed E-state index contributed by atoms with van der Waals surface area (Å²) in [7, 11) is 2.99. The van der Waals surface area contributed by atoms with Gasteiger partial charge >= 0.3 is 0 Å². The largest absolute Gasteiger partial charge is 0.493 e. The number of nitrogens with one attached hydrogen (secondary N) is 1. The monoisotopic (exact) mass is 282 g/mol. The molecule has 1 aromatic rings. The molecule has 0 unspecified atom stereocenters. The summed E-state index contributed by atoms with van der Waals surface area (Å²) in [6.45, 7) is 3.66. The Morgan fingerprint density at radius 1 is 1.30 bits per heavy atom. The lowest BCUT2D eigenvalue weighted by Crippen LogP contribution is -2.44. The lowest BCUT2D eigenvalue weighted by Gasteiger charge is -2.26. The Kier molecular flexibility index (Phi) is 5.21. The minimum atomic E-state index is -0.522. The molecule has 1 rings (SSSR count). The van der Waals surface area contributed by atoms with E-state index in [2.05, 4.69) is 5.32 Å². The quantitative estimate of drug-likeness (QED) is 0.681. The minimum absolute atomic E-state index is 0.00526. The number of nitrogen functional groups attached to an aromatic ring is 1. The van der Waals surface area contributed by atoms with Crippen LogP contribution in [0, 0.1) is 0 Å². The Morgan fingerprint density at radius 2 is 1.85 bits per heavy atom. The number of aliphatic hydroxyl groups is 1. The third-order valence-corrected chi connectivity index (χ3v) is 2.99. The van der Waals surface area contributed by atoms with Gasteiger partial charge in [0.05, 0.1) is 19.8 Å². The number of benzene rings is 1. The van der Waals surface area contributed by atoms with Gasteiger partial charge in [-0.2, -0.15) is 0 Å². The lowest BCUT2D eigenvalue weighted by molar-refractivity contribution is 0.0900. The van der Waals surface area contributed by atoms with E-state index < -0.39 is 5.54 Å². The van der Waals surface area contributed by atoms with Gasteiger partial charge in [-0.3, -0.25) is 4.79 Å². The van der Waals surface area contributed by atoms with Crippen molar-refractivity contribution in [3.05, 3.63) is 17.7 Å². The fourth-order valence-corrected chi connectivity index (χ4v) is 1.81. The number of carbonyl (C=O) groups excluding carboxylic acids is 1. The summed E-state index contributed by atoms with van der Waals surface area (Å²) >= 11 is 0. The van der Waals surface area contributed by atoms with E-state index in [9.17, 15) is 4.79 Å². The summed E-state index contributed by atoms with van der Waals surface area (Å²) in [5.74, 6) is 0.588. The van der Waals surface area contributed by atoms with Crippen LogP contribution < -0.4 is 20.5 Å². The van der Waals surface area contributed by atoms with Crippen LogP contribution in [-0.4, -0.2) is 37.4 Å². The van der Waals surface area contributed by atoms with E-state index >= 15 is 0 Å². The van der Waals surface area contributed by atoms with Crippen molar-refractivity contribution in [1.29, 1.82) is 0 Å². The summed E-state index contributed by atoms with van der Waals surface area (Å²) in [6, 6.07) is 3.09. The minimum Gasteiger partial charge on any atom is -0.493 e. The SMILES string of the molecule is COc1cc(N)c(C(=O)NC(C)(C)CCO)cc1OC. The Labute approximate surface area is 118 Å². The van der Waals surface area contributed by atoms with Crippen molar-refractivity contribution in [2.45, 2.75) is 25.8 Å². The second-order valence-electron chi connectivity index (χ2n) is 5.11. The van der Waals surface area contributed by atoms with Crippen LogP contribution in [0.2, 0.25) is 0 Å². The standard InChI is InChI=1S/C14H22N2O4/c1-14(2,5-6-17)16-13(18)9-7-11(19-3)12(20-4)8-10(9)15/h7-8,17H,5-6,15H2,1-4H3,(H,16,18). The molecule has 0 fully saturated rings. The molecule has 20 heavy (non-hydrogen) atoms. The van der Waals surface area contributed by atoms with Crippen molar-refractivity contribution in [2.75, 3.05) is 26.6 Å². The van der Waals surface area contributed by atoms with Gasteiger partial charge in [0.15, 0.2) is 11.5 Å². The molecule has 0 aromatic heterocycles.